The van der Waals surface area contributed by atoms with E-state index in [1.165, 1.54) is 0 Å². The number of piperazine rings is 1. The molecule has 2 N–H and O–H groups in total. The summed E-state index contributed by atoms with van der Waals surface area (Å²) in [6, 6.07) is 0.565. The lowest BCUT2D eigenvalue weighted by atomic mass is 10.00. The van der Waals surface area contributed by atoms with Crippen molar-refractivity contribution in [3.63, 3.8) is 0 Å². The zero-order valence-electron chi connectivity index (χ0n) is 12.9. The van der Waals surface area contributed by atoms with Crippen LogP contribution in [0.5, 0.6) is 0 Å². The molecule has 5 heteroatoms. The fourth-order valence-electron chi connectivity index (χ4n) is 3.41. The number of rotatable bonds is 5. The molecular weight excluding hydrogens is 254 g/mol. The molecule has 0 saturated carbocycles. The highest BCUT2D eigenvalue weighted by atomic mass is 16.5. The Kier molecular flexibility index (Phi) is 5.41. The van der Waals surface area contributed by atoms with Crippen LogP contribution in [-0.4, -0.2) is 66.7 Å². The summed E-state index contributed by atoms with van der Waals surface area (Å²) in [5.41, 5.74) is 5.11. The van der Waals surface area contributed by atoms with Gasteiger partial charge in [-0.2, -0.15) is 0 Å². The molecule has 2 fully saturated rings. The molecule has 2 unspecified atom stereocenters. The van der Waals surface area contributed by atoms with Crippen LogP contribution in [-0.2, 0) is 9.53 Å². The zero-order valence-corrected chi connectivity index (χ0v) is 12.9. The van der Waals surface area contributed by atoms with Gasteiger partial charge in [0.25, 0.3) is 5.91 Å². The number of hydrogen-bond donors (Lipinski definition) is 1. The Bertz CT molecular complexity index is 321. The van der Waals surface area contributed by atoms with Gasteiger partial charge in [-0.15, -0.1) is 0 Å². The first-order chi connectivity index (χ1) is 9.60. The van der Waals surface area contributed by atoms with Crippen LogP contribution in [0.2, 0.25) is 0 Å². The van der Waals surface area contributed by atoms with Crippen molar-refractivity contribution in [2.45, 2.75) is 51.2 Å². The van der Waals surface area contributed by atoms with E-state index in [9.17, 15) is 4.79 Å². The van der Waals surface area contributed by atoms with Gasteiger partial charge >= 0.3 is 0 Å². The van der Waals surface area contributed by atoms with E-state index in [0.717, 1.165) is 65.0 Å². The van der Waals surface area contributed by atoms with Gasteiger partial charge in [0.15, 0.2) is 0 Å². The van der Waals surface area contributed by atoms with Crippen molar-refractivity contribution in [1.82, 2.24) is 9.80 Å². The number of ether oxygens (including phenoxy) is 1. The molecular formula is C15H29N3O2. The Morgan fingerprint density at radius 2 is 2.05 bits per heavy atom. The largest absolute Gasteiger partial charge is 0.365 e. The van der Waals surface area contributed by atoms with E-state index in [4.69, 9.17) is 10.5 Å². The Balaban J connectivity index is 1.86. The third kappa shape index (κ3) is 3.32. The summed E-state index contributed by atoms with van der Waals surface area (Å²) < 4.78 is 5.67. The molecule has 0 aliphatic carbocycles. The van der Waals surface area contributed by atoms with Crippen molar-refractivity contribution < 1.29 is 9.53 Å². The molecule has 0 aromatic heterocycles. The van der Waals surface area contributed by atoms with Crippen molar-refractivity contribution in [3.05, 3.63) is 0 Å². The first-order valence-corrected chi connectivity index (χ1v) is 7.98. The number of carbonyl (C=O) groups excluding carboxylic acids is 1. The monoisotopic (exact) mass is 283 g/mol. The summed E-state index contributed by atoms with van der Waals surface area (Å²) in [6.45, 7) is 9.17. The SMILES string of the molecule is CCC(CCN)N1CCN(C(=O)C2(C)CCCO2)CC1. The number of nitrogens with two attached hydrogens (primary N) is 1. The van der Waals surface area contributed by atoms with E-state index in [-0.39, 0.29) is 5.91 Å². The van der Waals surface area contributed by atoms with Crippen molar-refractivity contribution in [2.24, 2.45) is 5.73 Å². The molecule has 0 spiro atoms. The van der Waals surface area contributed by atoms with Crippen LogP contribution >= 0.6 is 0 Å². The Hall–Kier alpha value is -0.650. The van der Waals surface area contributed by atoms with Gasteiger partial charge in [0.1, 0.15) is 5.60 Å². The minimum Gasteiger partial charge on any atom is -0.365 e. The third-order valence-corrected chi connectivity index (χ3v) is 4.76. The van der Waals surface area contributed by atoms with Gasteiger partial charge in [-0.05, 0) is 39.2 Å². The van der Waals surface area contributed by atoms with Crippen LogP contribution in [0.15, 0.2) is 0 Å². The summed E-state index contributed by atoms with van der Waals surface area (Å²) >= 11 is 0. The lowest BCUT2D eigenvalue weighted by molar-refractivity contribution is -0.153. The second kappa shape index (κ2) is 6.87. The predicted molar refractivity (Wildman–Crippen MR) is 79.5 cm³/mol. The second-order valence-electron chi connectivity index (χ2n) is 6.15. The number of amides is 1. The van der Waals surface area contributed by atoms with E-state index >= 15 is 0 Å². The van der Waals surface area contributed by atoms with E-state index in [1.54, 1.807) is 0 Å². The lowest BCUT2D eigenvalue weighted by Gasteiger charge is -2.41. The van der Waals surface area contributed by atoms with Gasteiger partial charge in [0, 0.05) is 38.8 Å². The molecule has 5 nitrogen and oxygen atoms in total. The first-order valence-electron chi connectivity index (χ1n) is 7.98. The summed E-state index contributed by atoms with van der Waals surface area (Å²) in [4.78, 5) is 17.0. The van der Waals surface area contributed by atoms with E-state index in [2.05, 4.69) is 11.8 Å². The minimum atomic E-state index is -0.566. The van der Waals surface area contributed by atoms with Crippen LogP contribution in [0, 0.1) is 0 Å². The fraction of sp³-hybridized carbons (Fsp3) is 0.933. The molecule has 0 bridgehead atoms. The van der Waals surface area contributed by atoms with Crippen molar-refractivity contribution in [1.29, 1.82) is 0 Å². The number of hydrogen-bond acceptors (Lipinski definition) is 4. The van der Waals surface area contributed by atoms with Crippen LogP contribution in [0.4, 0.5) is 0 Å². The number of carbonyl (C=O) groups is 1. The molecule has 20 heavy (non-hydrogen) atoms. The molecule has 1 amide bonds. The van der Waals surface area contributed by atoms with Crippen LogP contribution in [0.3, 0.4) is 0 Å². The molecule has 2 atom stereocenters. The highest BCUT2D eigenvalue weighted by molar-refractivity contribution is 5.85. The van der Waals surface area contributed by atoms with Crippen LogP contribution < -0.4 is 5.73 Å². The van der Waals surface area contributed by atoms with Crippen molar-refractivity contribution in [3.8, 4) is 0 Å². The number of nitrogens with zero attached hydrogens (tertiary/aromatic N) is 2. The zero-order chi connectivity index (χ0) is 14.6. The molecule has 0 aromatic rings. The van der Waals surface area contributed by atoms with Crippen LogP contribution in [0.25, 0.3) is 0 Å². The van der Waals surface area contributed by atoms with E-state index in [0.29, 0.717) is 6.04 Å². The summed E-state index contributed by atoms with van der Waals surface area (Å²) in [5, 5.41) is 0. The topological polar surface area (TPSA) is 58.8 Å². The Morgan fingerprint density at radius 1 is 1.35 bits per heavy atom. The minimum absolute atomic E-state index is 0.182. The average molecular weight is 283 g/mol. The lowest BCUT2D eigenvalue weighted by Crippen LogP contribution is -2.56. The first kappa shape index (κ1) is 15.7. The summed E-state index contributed by atoms with van der Waals surface area (Å²) in [6.07, 6.45) is 4.03. The Morgan fingerprint density at radius 3 is 2.55 bits per heavy atom. The maximum atomic E-state index is 12.6. The molecule has 2 aliphatic heterocycles. The van der Waals surface area contributed by atoms with E-state index < -0.39 is 5.60 Å². The van der Waals surface area contributed by atoms with Crippen molar-refractivity contribution in [2.75, 3.05) is 39.3 Å². The van der Waals surface area contributed by atoms with Gasteiger partial charge in [-0.1, -0.05) is 6.92 Å². The highest BCUT2D eigenvalue weighted by Crippen LogP contribution is 2.28. The maximum Gasteiger partial charge on any atom is 0.254 e. The molecule has 0 aromatic carbocycles. The molecule has 2 heterocycles. The molecule has 2 aliphatic rings. The molecule has 2 rings (SSSR count). The predicted octanol–water partition coefficient (Wildman–Crippen LogP) is 0.827. The molecule has 0 radical (unpaired) electrons. The van der Waals surface area contributed by atoms with E-state index in [1.807, 2.05) is 11.8 Å². The van der Waals surface area contributed by atoms with Crippen LogP contribution in [0.1, 0.15) is 39.5 Å². The standard InChI is InChI=1S/C15H29N3O2/c1-3-13(5-7-16)17-8-10-18(11-9-17)14(19)15(2)6-4-12-20-15/h13H,3-12,16H2,1-2H3. The molecule has 116 valence electrons. The highest BCUT2D eigenvalue weighted by Gasteiger charge is 2.41. The summed E-state index contributed by atoms with van der Waals surface area (Å²) in [7, 11) is 0. The van der Waals surface area contributed by atoms with Gasteiger partial charge in [0.2, 0.25) is 0 Å². The second-order valence-corrected chi connectivity index (χ2v) is 6.15. The molecule has 2 saturated heterocycles. The van der Waals surface area contributed by atoms with Gasteiger partial charge < -0.3 is 15.4 Å². The van der Waals surface area contributed by atoms with Crippen molar-refractivity contribution >= 4 is 5.91 Å². The smallest absolute Gasteiger partial charge is 0.254 e. The Labute approximate surface area is 122 Å². The normalized spacial score (nSPS) is 29.6. The maximum absolute atomic E-state index is 12.6. The third-order valence-electron chi connectivity index (χ3n) is 4.76. The fourth-order valence-corrected chi connectivity index (χ4v) is 3.41. The van der Waals surface area contributed by atoms with Gasteiger partial charge in [0.05, 0.1) is 0 Å². The van der Waals surface area contributed by atoms with Gasteiger partial charge in [-0.3, -0.25) is 9.69 Å². The average Bonchev–Trinajstić information content (AvgIpc) is 2.92. The van der Waals surface area contributed by atoms with Gasteiger partial charge in [-0.25, -0.2) is 0 Å². The quantitative estimate of drug-likeness (QED) is 0.812. The summed E-state index contributed by atoms with van der Waals surface area (Å²) in [5.74, 6) is 0.182.